The second kappa shape index (κ2) is 6.18. The number of nitrogens with two attached hydrogens (primary N) is 1. The minimum absolute atomic E-state index is 0.0604. The van der Waals surface area contributed by atoms with E-state index in [1.54, 1.807) is 11.3 Å². The summed E-state index contributed by atoms with van der Waals surface area (Å²) in [7, 11) is 0. The van der Waals surface area contributed by atoms with Gasteiger partial charge in [-0.1, -0.05) is 0 Å². The van der Waals surface area contributed by atoms with E-state index in [9.17, 15) is 4.79 Å². The lowest BCUT2D eigenvalue weighted by atomic mass is 10.1. The fourth-order valence-electron chi connectivity index (χ4n) is 2.94. The molecule has 3 N–H and O–H groups in total. The summed E-state index contributed by atoms with van der Waals surface area (Å²) in [5, 5.41) is 2.04. The average Bonchev–Trinajstić information content (AvgIpc) is 3.09. The number of rotatable bonds is 3. The zero-order chi connectivity index (χ0) is 16.5. The van der Waals surface area contributed by atoms with Crippen LogP contribution in [0.25, 0.3) is 11.4 Å². The van der Waals surface area contributed by atoms with Crippen molar-refractivity contribution in [3.05, 3.63) is 62.5 Å². The van der Waals surface area contributed by atoms with Crippen LogP contribution in [0.5, 0.6) is 0 Å². The zero-order valence-electron chi connectivity index (χ0n) is 13.0. The van der Waals surface area contributed by atoms with E-state index in [4.69, 9.17) is 5.73 Å². The van der Waals surface area contributed by atoms with Crippen molar-refractivity contribution in [2.24, 2.45) is 0 Å². The fraction of sp³-hybridized carbons (Fsp3) is 0.235. The van der Waals surface area contributed by atoms with Crippen LogP contribution in [0.4, 0.5) is 5.69 Å². The largest absolute Gasteiger partial charge is 0.399 e. The first kappa shape index (κ1) is 15.0. The molecule has 1 aromatic carbocycles. The molecule has 0 amide bonds. The molecular formula is C17H17N5OS. The molecule has 0 saturated carbocycles. The van der Waals surface area contributed by atoms with Crippen LogP contribution < -0.4 is 11.3 Å². The minimum atomic E-state index is -0.0604. The molecule has 3 heterocycles. The van der Waals surface area contributed by atoms with Crippen LogP contribution >= 0.6 is 11.3 Å². The summed E-state index contributed by atoms with van der Waals surface area (Å²) < 4.78 is 0. The average molecular weight is 339 g/mol. The molecule has 0 spiro atoms. The van der Waals surface area contributed by atoms with Crippen LogP contribution in [0.1, 0.15) is 17.0 Å². The topological polar surface area (TPSA) is 87.9 Å². The SMILES string of the molecule is Nc1ccc(-c2nc3c(c(=O)[nH]2)CN(Cc2cscn2)CC3)cc1. The molecule has 1 aliphatic rings. The van der Waals surface area contributed by atoms with Crippen molar-refractivity contribution in [2.45, 2.75) is 19.5 Å². The van der Waals surface area contributed by atoms with Crippen molar-refractivity contribution in [2.75, 3.05) is 12.3 Å². The van der Waals surface area contributed by atoms with Crippen LogP contribution in [0.2, 0.25) is 0 Å². The van der Waals surface area contributed by atoms with E-state index in [1.165, 1.54) is 0 Å². The number of benzene rings is 1. The minimum Gasteiger partial charge on any atom is -0.399 e. The predicted molar refractivity (Wildman–Crippen MR) is 94.6 cm³/mol. The Balaban J connectivity index is 1.61. The maximum Gasteiger partial charge on any atom is 0.255 e. The van der Waals surface area contributed by atoms with Crippen LogP contribution in [0.15, 0.2) is 40.0 Å². The fourth-order valence-corrected chi connectivity index (χ4v) is 3.49. The summed E-state index contributed by atoms with van der Waals surface area (Å²) in [6.07, 6.45) is 0.769. The summed E-state index contributed by atoms with van der Waals surface area (Å²) in [6, 6.07) is 7.36. The molecule has 6 nitrogen and oxygen atoms in total. The number of aromatic amines is 1. The van der Waals surface area contributed by atoms with Gasteiger partial charge in [-0.3, -0.25) is 9.69 Å². The summed E-state index contributed by atoms with van der Waals surface area (Å²) in [4.78, 5) is 26.6. The van der Waals surface area contributed by atoms with Gasteiger partial charge in [-0.25, -0.2) is 9.97 Å². The second-order valence-electron chi connectivity index (χ2n) is 5.90. The van der Waals surface area contributed by atoms with Gasteiger partial charge in [0.2, 0.25) is 0 Å². The van der Waals surface area contributed by atoms with Crippen LogP contribution in [-0.2, 0) is 19.5 Å². The molecule has 4 rings (SSSR count). The lowest BCUT2D eigenvalue weighted by Gasteiger charge is -2.27. The Hall–Kier alpha value is -2.51. The third kappa shape index (κ3) is 2.95. The van der Waals surface area contributed by atoms with Crippen molar-refractivity contribution in [3.63, 3.8) is 0 Å². The maximum atomic E-state index is 12.5. The maximum absolute atomic E-state index is 12.5. The highest BCUT2D eigenvalue weighted by atomic mass is 32.1. The van der Waals surface area contributed by atoms with Crippen molar-refractivity contribution in [1.82, 2.24) is 19.9 Å². The molecule has 0 radical (unpaired) electrons. The number of thiazole rings is 1. The van der Waals surface area contributed by atoms with E-state index in [1.807, 2.05) is 35.2 Å². The normalized spacial score (nSPS) is 14.5. The summed E-state index contributed by atoms with van der Waals surface area (Å²) in [5.41, 5.74) is 11.7. The molecule has 2 aromatic heterocycles. The number of hydrogen-bond acceptors (Lipinski definition) is 6. The lowest BCUT2D eigenvalue weighted by Crippen LogP contribution is -2.35. The zero-order valence-corrected chi connectivity index (χ0v) is 13.8. The van der Waals surface area contributed by atoms with Gasteiger partial charge in [0.05, 0.1) is 22.5 Å². The molecule has 0 aliphatic carbocycles. The number of fused-ring (bicyclic) bond motifs is 1. The monoisotopic (exact) mass is 339 g/mol. The standard InChI is InChI=1S/C17H17N5OS/c18-12-3-1-11(2-4-12)16-20-15-5-6-22(7-13-9-24-10-19-13)8-14(15)17(23)21-16/h1-4,9-10H,5-8,18H2,(H,20,21,23). The van der Waals surface area contributed by atoms with Gasteiger partial charge in [0, 0.05) is 42.7 Å². The van der Waals surface area contributed by atoms with Gasteiger partial charge in [-0.2, -0.15) is 0 Å². The molecule has 0 unspecified atom stereocenters. The molecule has 1 aliphatic heterocycles. The molecule has 0 bridgehead atoms. The Kier molecular flexibility index (Phi) is 3.87. The first-order valence-corrected chi connectivity index (χ1v) is 8.71. The number of aromatic nitrogens is 3. The second-order valence-corrected chi connectivity index (χ2v) is 6.62. The highest BCUT2D eigenvalue weighted by molar-refractivity contribution is 7.07. The van der Waals surface area contributed by atoms with Gasteiger partial charge in [-0.15, -0.1) is 11.3 Å². The Morgan fingerprint density at radius 3 is 2.88 bits per heavy atom. The number of nitrogen functional groups attached to an aromatic ring is 1. The Bertz CT molecular complexity index is 902. The van der Waals surface area contributed by atoms with E-state index in [0.29, 0.717) is 18.1 Å². The Morgan fingerprint density at radius 2 is 2.12 bits per heavy atom. The number of H-pyrrole nitrogens is 1. The van der Waals surface area contributed by atoms with E-state index in [2.05, 4.69) is 19.9 Å². The Morgan fingerprint density at radius 1 is 1.29 bits per heavy atom. The van der Waals surface area contributed by atoms with E-state index >= 15 is 0 Å². The summed E-state index contributed by atoms with van der Waals surface area (Å²) >= 11 is 1.59. The van der Waals surface area contributed by atoms with E-state index in [-0.39, 0.29) is 5.56 Å². The first-order chi connectivity index (χ1) is 11.7. The van der Waals surface area contributed by atoms with Gasteiger partial charge in [0.15, 0.2) is 0 Å². The van der Waals surface area contributed by atoms with Gasteiger partial charge in [-0.05, 0) is 24.3 Å². The molecule has 0 fully saturated rings. The molecule has 24 heavy (non-hydrogen) atoms. The third-order valence-electron chi connectivity index (χ3n) is 4.20. The van der Waals surface area contributed by atoms with Crippen molar-refractivity contribution < 1.29 is 0 Å². The van der Waals surface area contributed by atoms with Crippen molar-refractivity contribution in [3.8, 4) is 11.4 Å². The van der Waals surface area contributed by atoms with Crippen LogP contribution in [0, 0.1) is 0 Å². The van der Waals surface area contributed by atoms with Gasteiger partial charge in [0.25, 0.3) is 5.56 Å². The quantitative estimate of drug-likeness (QED) is 0.713. The van der Waals surface area contributed by atoms with Crippen LogP contribution in [0.3, 0.4) is 0 Å². The van der Waals surface area contributed by atoms with Crippen molar-refractivity contribution >= 4 is 17.0 Å². The number of hydrogen-bond donors (Lipinski definition) is 2. The van der Waals surface area contributed by atoms with E-state index < -0.39 is 0 Å². The number of nitrogens with zero attached hydrogens (tertiary/aromatic N) is 3. The molecule has 0 saturated heterocycles. The van der Waals surface area contributed by atoms with Gasteiger partial charge in [0.1, 0.15) is 5.82 Å². The molecular weight excluding hydrogens is 322 g/mol. The summed E-state index contributed by atoms with van der Waals surface area (Å²) in [5.74, 6) is 0.603. The lowest BCUT2D eigenvalue weighted by molar-refractivity contribution is 0.239. The summed E-state index contributed by atoms with van der Waals surface area (Å²) in [6.45, 7) is 2.25. The highest BCUT2D eigenvalue weighted by Gasteiger charge is 2.21. The number of nitrogens with one attached hydrogen (secondary N) is 1. The molecule has 122 valence electrons. The molecule has 7 heteroatoms. The van der Waals surface area contributed by atoms with Crippen molar-refractivity contribution in [1.29, 1.82) is 0 Å². The van der Waals surface area contributed by atoms with Gasteiger partial charge >= 0.3 is 0 Å². The Labute approximate surface area is 143 Å². The van der Waals surface area contributed by atoms with Crippen LogP contribution in [-0.4, -0.2) is 26.4 Å². The highest BCUT2D eigenvalue weighted by Crippen LogP contribution is 2.20. The van der Waals surface area contributed by atoms with E-state index in [0.717, 1.165) is 42.0 Å². The van der Waals surface area contributed by atoms with Gasteiger partial charge < -0.3 is 10.7 Å². The molecule has 3 aromatic rings. The third-order valence-corrected chi connectivity index (χ3v) is 4.84. The molecule has 0 atom stereocenters. The predicted octanol–water partition coefficient (Wildman–Crippen LogP) is 2.03. The smallest absolute Gasteiger partial charge is 0.255 e. The first-order valence-electron chi connectivity index (χ1n) is 7.76. The number of anilines is 1.